The number of nitro benzene ring substituents is 1. The molecule has 7 nitrogen and oxygen atoms in total. The molecule has 0 aromatic heterocycles. The van der Waals surface area contributed by atoms with Crippen LogP contribution in [0.2, 0.25) is 0 Å². The molecule has 0 radical (unpaired) electrons. The number of hydrogen-bond acceptors (Lipinski definition) is 5. The van der Waals surface area contributed by atoms with Crippen LogP contribution in [0.1, 0.15) is 35.2 Å². The number of halogens is 2. The Morgan fingerprint density at radius 1 is 1.19 bits per heavy atom. The number of ketones is 1. The summed E-state index contributed by atoms with van der Waals surface area (Å²) in [6, 6.07) is 7.39. The molecule has 0 saturated carbocycles. The van der Waals surface area contributed by atoms with Crippen molar-refractivity contribution in [1.29, 1.82) is 0 Å². The number of carbonyl (C=O) groups excluding carboxylic acids is 2. The number of piperidine rings is 1. The second-order valence-corrected chi connectivity index (χ2v) is 7.61. The van der Waals surface area contributed by atoms with Crippen LogP contribution in [0.3, 0.4) is 0 Å². The predicted molar refractivity (Wildman–Crippen MR) is 111 cm³/mol. The summed E-state index contributed by atoms with van der Waals surface area (Å²) in [6.45, 7) is 3.18. The first-order valence-electron chi connectivity index (χ1n) is 10.0. The average molecular weight is 431 g/mol. The van der Waals surface area contributed by atoms with E-state index in [0.717, 1.165) is 18.2 Å². The second-order valence-electron chi connectivity index (χ2n) is 7.61. The lowest BCUT2D eigenvalue weighted by Crippen LogP contribution is -2.38. The maximum absolute atomic E-state index is 13.9. The first-order valence-corrected chi connectivity index (χ1v) is 10.0. The minimum absolute atomic E-state index is 0.0562. The van der Waals surface area contributed by atoms with Gasteiger partial charge in [0.1, 0.15) is 11.6 Å². The Balaban J connectivity index is 1.49. The molecular weight excluding hydrogens is 408 g/mol. The number of hydrogen-bond donors (Lipinski definition) is 1. The van der Waals surface area contributed by atoms with E-state index in [1.165, 1.54) is 12.1 Å². The Bertz CT molecular complexity index is 1000. The molecule has 1 N–H and O–H groups in total. The number of nitrogens with zero attached hydrogens (tertiary/aromatic N) is 2. The van der Waals surface area contributed by atoms with Crippen LogP contribution in [-0.4, -0.2) is 41.1 Å². The Hall–Kier alpha value is -3.20. The van der Waals surface area contributed by atoms with E-state index in [9.17, 15) is 28.5 Å². The van der Waals surface area contributed by atoms with Gasteiger partial charge in [-0.05, 0) is 57.1 Å². The van der Waals surface area contributed by atoms with Crippen LogP contribution in [0, 0.1) is 34.6 Å². The van der Waals surface area contributed by atoms with Gasteiger partial charge in [0, 0.05) is 24.9 Å². The van der Waals surface area contributed by atoms with Crippen LogP contribution in [0.5, 0.6) is 0 Å². The van der Waals surface area contributed by atoms with Crippen molar-refractivity contribution < 1.29 is 23.3 Å². The number of carbonyl (C=O) groups is 2. The lowest BCUT2D eigenvalue weighted by atomic mass is 9.88. The molecule has 2 aromatic carbocycles. The third-order valence-corrected chi connectivity index (χ3v) is 5.58. The maximum atomic E-state index is 13.9. The monoisotopic (exact) mass is 431 g/mol. The van der Waals surface area contributed by atoms with Crippen molar-refractivity contribution >= 4 is 23.1 Å². The quantitative estimate of drug-likeness (QED) is 0.405. The van der Waals surface area contributed by atoms with Crippen LogP contribution in [-0.2, 0) is 4.79 Å². The Labute approximate surface area is 178 Å². The van der Waals surface area contributed by atoms with Gasteiger partial charge in [-0.1, -0.05) is 6.07 Å². The molecule has 1 saturated heterocycles. The highest BCUT2D eigenvalue weighted by atomic mass is 19.1. The van der Waals surface area contributed by atoms with Gasteiger partial charge in [0.05, 0.1) is 21.7 Å². The number of Topliss-reactive ketones (excluding diaryl/α,β-unsaturated/α-hetero) is 1. The van der Waals surface area contributed by atoms with Gasteiger partial charge in [0.2, 0.25) is 5.91 Å². The molecule has 0 aliphatic carbocycles. The van der Waals surface area contributed by atoms with E-state index in [2.05, 4.69) is 5.32 Å². The number of rotatable bonds is 7. The SMILES string of the molecule is Cc1c(NC(=O)CCN2CCC(C(=O)c3cc(F)ccc3F)CC2)cccc1[N+](=O)[O-]. The minimum Gasteiger partial charge on any atom is -0.326 e. The molecule has 0 atom stereocenters. The van der Waals surface area contributed by atoms with E-state index < -0.39 is 22.3 Å². The molecule has 1 heterocycles. The normalized spacial score (nSPS) is 14.9. The van der Waals surface area contributed by atoms with E-state index in [0.29, 0.717) is 43.7 Å². The fourth-order valence-electron chi connectivity index (χ4n) is 3.75. The van der Waals surface area contributed by atoms with Crippen molar-refractivity contribution in [3.63, 3.8) is 0 Å². The van der Waals surface area contributed by atoms with Gasteiger partial charge in [0.15, 0.2) is 5.78 Å². The zero-order chi connectivity index (χ0) is 22.5. The average Bonchev–Trinajstić information content (AvgIpc) is 2.75. The summed E-state index contributed by atoms with van der Waals surface area (Å²) in [7, 11) is 0. The highest BCUT2D eigenvalue weighted by Gasteiger charge is 2.28. The Kier molecular flexibility index (Phi) is 7.06. The van der Waals surface area contributed by atoms with Gasteiger partial charge in [0.25, 0.3) is 5.69 Å². The molecule has 2 aromatic rings. The highest BCUT2D eigenvalue weighted by molar-refractivity contribution is 5.98. The van der Waals surface area contributed by atoms with Gasteiger partial charge in [-0.2, -0.15) is 0 Å². The van der Waals surface area contributed by atoms with Crippen LogP contribution in [0.15, 0.2) is 36.4 Å². The summed E-state index contributed by atoms with van der Waals surface area (Å²) < 4.78 is 27.2. The van der Waals surface area contributed by atoms with E-state index in [1.54, 1.807) is 13.0 Å². The van der Waals surface area contributed by atoms with Crippen molar-refractivity contribution in [2.24, 2.45) is 5.92 Å². The number of nitrogens with one attached hydrogen (secondary N) is 1. The van der Waals surface area contributed by atoms with E-state index in [1.807, 2.05) is 4.90 Å². The first kappa shape index (κ1) is 22.5. The van der Waals surface area contributed by atoms with Crippen LogP contribution >= 0.6 is 0 Å². The summed E-state index contributed by atoms with van der Waals surface area (Å²) in [5.74, 6) is -2.40. The number of anilines is 1. The van der Waals surface area contributed by atoms with Gasteiger partial charge in [-0.25, -0.2) is 8.78 Å². The summed E-state index contributed by atoms with van der Waals surface area (Å²) in [6.07, 6.45) is 1.19. The number of likely N-dealkylation sites (tertiary alicyclic amines) is 1. The zero-order valence-corrected chi connectivity index (χ0v) is 17.1. The molecule has 0 unspecified atom stereocenters. The van der Waals surface area contributed by atoms with Crippen molar-refractivity contribution in [2.45, 2.75) is 26.2 Å². The van der Waals surface area contributed by atoms with Crippen molar-refractivity contribution in [2.75, 3.05) is 25.0 Å². The molecule has 3 rings (SSSR count). The van der Waals surface area contributed by atoms with Crippen LogP contribution in [0.25, 0.3) is 0 Å². The Morgan fingerprint density at radius 3 is 2.58 bits per heavy atom. The van der Waals surface area contributed by atoms with Crippen LogP contribution < -0.4 is 5.32 Å². The molecule has 1 aliphatic rings. The molecule has 0 bridgehead atoms. The van der Waals surface area contributed by atoms with Crippen molar-refractivity contribution in [1.82, 2.24) is 4.90 Å². The van der Waals surface area contributed by atoms with E-state index >= 15 is 0 Å². The fraction of sp³-hybridized carbons (Fsp3) is 0.364. The third-order valence-electron chi connectivity index (χ3n) is 5.58. The zero-order valence-electron chi connectivity index (χ0n) is 17.1. The third kappa shape index (κ3) is 5.49. The van der Waals surface area contributed by atoms with E-state index in [-0.39, 0.29) is 29.5 Å². The molecule has 9 heteroatoms. The standard InChI is InChI=1S/C22H23F2N3O4/c1-14-19(3-2-4-20(14)27(30)31)25-21(28)9-12-26-10-7-15(8-11-26)22(29)17-13-16(23)5-6-18(17)24/h2-6,13,15H,7-12H2,1H3,(H,25,28). The molecule has 0 spiro atoms. The van der Waals surface area contributed by atoms with Gasteiger partial charge in [-0.3, -0.25) is 19.7 Å². The maximum Gasteiger partial charge on any atom is 0.274 e. The van der Waals surface area contributed by atoms with Crippen LogP contribution in [0.4, 0.5) is 20.2 Å². The van der Waals surface area contributed by atoms with Crippen molar-refractivity contribution in [3.8, 4) is 0 Å². The number of benzene rings is 2. The van der Waals surface area contributed by atoms with Crippen molar-refractivity contribution in [3.05, 3.63) is 69.3 Å². The lowest BCUT2D eigenvalue weighted by Gasteiger charge is -2.31. The van der Waals surface area contributed by atoms with Gasteiger partial charge >= 0.3 is 0 Å². The first-order chi connectivity index (χ1) is 14.8. The highest BCUT2D eigenvalue weighted by Crippen LogP contribution is 2.26. The summed E-state index contributed by atoms with van der Waals surface area (Å²) in [4.78, 5) is 37.3. The fourth-order valence-corrected chi connectivity index (χ4v) is 3.75. The second kappa shape index (κ2) is 9.74. The summed E-state index contributed by atoms with van der Waals surface area (Å²) >= 11 is 0. The predicted octanol–water partition coefficient (Wildman–Crippen LogP) is 4.10. The Morgan fingerprint density at radius 2 is 1.90 bits per heavy atom. The smallest absolute Gasteiger partial charge is 0.274 e. The minimum atomic E-state index is -0.720. The summed E-state index contributed by atoms with van der Waals surface area (Å²) in [5.41, 5.74) is 0.523. The van der Waals surface area contributed by atoms with E-state index in [4.69, 9.17) is 0 Å². The summed E-state index contributed by atoms with van der Waals surface area (Å²) in [5, 5.41) is 13.7. The molecule has 31 heavy (non-hydrogen) atoms. The van der Waals surface area contributed by atoms with Gasteiger partial charge < -0.3 is 10.2 Å². The molecule has 1 fully saturated rings. The number of nitro groups is 1. The number of amides is 1. The lowest BCUT2D eigenvalue weighted by molar-refractivity contribution is -0.385. The molecule has 1 aliphatic heterocycles. The molecular formula is C22H23F2N3O4. The molecule has 1 amide bonds. The largest absolute Gasteiger partial charge is 0.326 e. The molecule has 164 valence electrons. The van der Waals surface area contributed by atoms with Gasteiger partial charge in [-0.15, -0.1) is 0 Å². The topological polar surface area (TPSA) is 92.6 Å².